The van der Waals surface area contributed by atoms with Crippen molar-refractivity contribution in [3.8, 4) is 6.07 Å². The number of hydrogen-bond donors (Lipinski definition) is 3. The predicted octanol–water partition coefficient (Wildman–Crippen LogP) is 1.88. The van der Waals surface area contributed by atoms with Crippen LogP contribution in [0.1, 0.15) is 17.3 Å². The molecule has 0 bridgehead atoms. The minimum absolute atomic E-state index is 0.143. The number of hydrogen-bond acceptors (Lipinski definition) is 5. The number of Topliss-reactive ketones (excluding diaryl/α,β-unsaturated/α-hetero) is 1. The Balaban J connectivity index is 3.09. The topological polar surface area (TPSA) is 115 Å². The van der Waals surface area contributed by atoms with Gasteiger partial charge in [-0.05, 0) is 25.1 Å². The number of anilines is 1. The summed E-state index contributed by atoms with van der Waals surface area (Å²) >= 11 is 3.26. The molecule has 7 heteroatoms. The standard InChI is InChI=1S/C11H10BrN5O/c1-6(18)8-4-7(12)2-3-9(8)16-17-10(5-13)11(14)15/h2-4,16H,1H3,(H3,14,15)/b17-10+. The Kier molecular flexibility index (Phi) is 4.57. The van der Waals surface area contributed by atoms with Gasteiger partial charge in [0.25, 0.3) is 0 Å². The molecule has 0 fully saturated rings. The first-order valence-electron chi connectivity index (χ1n) is 4.84. The second kappa shape index (κ2) is 5.93. The van der Waals surface area contributed by atoms with E-state index in [4.69, 9.17) is 16.4 Å². The Morgan fingerprint density at radius 3 is 2.78 bits per heavy atom. The summed E-state index contributed by atoms with van der Waals surface area (Å²) in [5, 5.41) is 19.5. The molecule has 1 aromatic rings. The van der Waals surface area contributed by atoms with Gasteiger partial charge in [0.2, 0.25) is 5.71 Å². The maximum Gasteiger partial charge on any atom is 0.201 e. The van der Waals surface area contributed by atoms with E-state index in [0.29, 0.717) is 11.3 Å². The zero-order valence-electron chi connectivity index (χ0n) is 9.49. The fourth-order valence-corrected chi connectivity index (χ4v) is 1.53. The zero-order valence-corrected chi connectivity index (χ0v) is 11.1. The lowest BCUT2D eigenvalue weighted by Gasteiger charge is -2.06. The molecule has 0 aliphatic carbocycles. The van der Waals surface area contributed by atoms with Crippen molar-refractivity contribution in [3.05, 3.63) is 28.2 Å². The number of halogens is 1. The van der Waals surface area contributed by atoms with E-state index in [1.165, 1.54) is 6.92 Å². The number of benzene rings is 1. The molecule has 0 spiro atoms. The van der Waals surface area contributed by atoms with Crippen LogP contribution in [0, 0.1) is 16.7 Å². The van der Waals surface area contributed by atoms with Crippen LogP contribution >= 0.6 is 15.9 Å². The Labute approximate surface area is 112 Å². The first kappa shape index (κ1) is 13.9. The van der Waals surface area contributed by atoms with Crippen LogP contribution in [-0.2, 0) is 0 Å². The molecule has 0 atom stereocenters. The molecule has 0 heterocycles. The summed E-state index contributed by atoms with van der Waals surface area (Å²) in [7, 11) is 0. The fraction of sp³-hybridized carbons (Fsp3) is 0.0909. The molecule has 0 saturated carbocycles. The van der Waals surface area contributed by atoms with Crippen molar-refractivity contribution in [2.75, 3.05) is 5.43 Å². The summed E-state index contributed by atoms with van der Waals surface area (Å²) in [4.78, 5) is 11.4. The number of hydrazone groups is 1. The molecule has 92 valence electrons. The Hall–Kier alpha value is -2.20. The molecule has 4 N–H and O–H groups in total. The summed E-state index contributed by atoms with van der Waals surface area (Å²) in [5.74, 6) is -0.582. The normalized spacial score (nSPS) is 10.6. The second-order valence-corrected chi connectivity index (χ2v) is 4.26. The van der Waals surface area contributed by atoms with Gasteiger partial charge in [-0.15, -0.1) is 0 Å². The number of nitriles is 1. The minimum Gasteiger partial charge on any atom is -0.382 e. The highest BCUT2D eigenvalue weighted by molar-refractivity contribution is 9.10. The average molecular weight is 308 g/mol. The second-order valence-electron chi connectivity index (χ2n) is 3.34. The van der Waals surface area contributed by atoms with Gasteiger partial charge < -0.3 is 5.73 Å². The highest BCUT2D eigenvalue weighted by Gasteiger charge is 2.08. The van der Waals surface area contributed by atoms with E-state index >= 15 is 0 Å². The van der Waals surface area contributed by atoms with Crippen molar-refractivity contribution in [2.24, 2.45) is 10.8 Å². The van der Waals surface area contributed by atoms with Gasteiger partial charge in [0.05, 0.1) is 5.69 Å². The van der Waals surface area contributed by atoms with E-state index in [-0.39, 0.29) is 11.5 Å². The van der Waals surface area contributed by atoms with Crippen LogP contribution < -0.4 is 11.2 Å². The van der Waals surface area contributed by atoms with Crippen molar-refractivity contribution in [2.45, 2.75) is 6.92 Å². The fourth-order valence-electron chi connectivity index (χ4n) is 1.17. The molecular formula is C11H10BrN5O. The molecule has 6 nitrogen and oxygen atoms in total. The molecule has 0 aliphatic rings. The summed E-state index contributed by atoms with van der Waals surface area (Å²) in [5.41, 5.74) is 8.33. The highest BCUT2D eigenvalue weighted by Crippen LogP contribution is 2.21. The summed E-state index contributed by atoms with van der Waals surface area (Å²) in [6.07, 6.45) is 0. The average Bonchev–Trinajstić information content (AvgIpc) is 2.30. The molecule has 0 aromatic heterocycles. The van der Waals surface area contributed by atoms with Gasteiger partial charge in [0.1, 0.15) is 6.07 Å². The van der Waals surface area contributed by atoms with Gasteiger partial charge in [0, 0.05) is 10.0 Å². The molecular weight excluding hydrogens is 298 g/mol. The lowest BCUT2D eigenvalue weighted by Crippen LogP contribution is -2.22. The smallest absolute Gasteiger partial charge is 0.201 e. The zero-order chi connectivity index (χ0) is 13.7. The van der Waals surface area contributed by atoms with Crippen LogP contribution in [-0.4, -0.2) is 17.3 Å². The molecule has 0 unspecified atom stereocenters. The van der Waals surface area contributed by atoms with E-state index in [9.17, 15) is 4.79 Å². The van der Waals surface area contributed by atoms with Crippen LogP contribution in [0.15, 0.2) is 27.8 Å². The number of nitrogens with two attached hydrogens (primary N) is 1. The van der Waals surface area contributed by atoms with Crippen LogP contribution in [0.4, 0.5) is 5.69 Å². The van der Waals surface area contributed by atoms with Gasteiger partial charge in [-0.2, -0.15) is 10.4 Å². The lowest BCUT2D eigenvalue weighted by atomic mass is 10.1. The number of ketones is 1. The van der Waals surface area contributed by atoms with Crippen LogP contribution in [0.5, 0.6) is 0 Å². The van der Waals surface area contributed by atoms with Crippen LogP contribution in [0.2, 0.25) is 0 Å². The summed E-state index contributed by atoms with van der Waals surface area (Å²) in [6.45, 7) is 1.42. The van der Waals surface area contributed by atoms with Gasteiger partial charge in [0.15, 0.2) is 11.6 Å². The first-order valence-corrected chi connectivity index (χ1v) is 5.63. The van der Waals surface area contributed by atoms with E-state index in [2.05, 4.69) is 26.5 Å². The first-order chi connectivity index (χ1) is 8.45. The molecule has 0 aliphatic heterocycles. The van der Waals surface area contributed by atoms with E-state index in [1.807, 2.05) is 0 Å². The Bertz CT molecular complexity index is 573. The SMILES string of the molecule is CC(=O)c1cc(Br)ccc1N/N=C(\C#N)C(=N)N. The number of carbonyl (C=O) groups is 1. The summed E-state index contributed by atoms with van der Waals surface area (Å²) < 4.78 is 0.759. The Morgan fingerprint density at radius 2 is 2.28 bits per heavy atom. The number of nitrogens with zero attached hydrogens (tertiary/aromatic N) is 2. The molecule has 18 heavy (non-hydrogen) atoms. The van der Waals surface area contributed by atoms with Crippen molar-refractivity contribution in [1.82, 2.24) is 0 Å². The number of amidine groups is 1. The monoisotopic (exact) mass is 307 g/mol. The molecule has 0 radical (unpaired) electrons. The third-order valence-corrected chi connectivity index (χ3v) is 2.50. The number of nitrogens with one attached hydrogen (secondary N) is 2. The van der Waals surface area contributed by atoms with Crippen molar-refractivity contribution >= 4 is 38.9 Å². The van der Waals surface area contributed by atoms with Gasteiger partial charge in [-0.25, -0.2) is 0 Å². The summed E-state index contributed by atoms with van der Waals surface area (Å²) in [6, 6.07) is 6.68. The highest BCUT2D eigenvalue weighted by atomic mass is 79.9. The van der Waals surface area contributed by atoms with Crippen LogP contribution in [0.25, 0.3) is 0 Å². The van der Waals surface area contributed by atoms with Crippen molar-refractivity contribution in [1.29, 1.82) is 10.7 Å². The van der Waals surface area contributed by atoms with Gasteiger partial charge in [-0.3, -0.25) is 15.6 Å². The Morgan fingerprint density at radius 1 is 1.61 bits per heavy atom. The van der Waals surface area contributed by atoms with E-state index < -0.39 is 5.84 Å². The molecule has 0 saturated heterocycles. The van der Waals surface area contributed by atoms with Crippen molar-refractivity contribution < 1.29 is 4.79 Å². The minimum atomic E-state index is -0.438. The van der Waals surface area contributed by atoms with E-state index in [1.54, 1.807) is 24.3 Å². The van der Waals surface area contributed by atoms with E-state index in [0.717, 1.165) is 4.47 Å². The van der Waals surface area contributed by atoms with Crippen molar-refractivity contribution in [3.63, 3.8) is 0 Å². The van der Waals surface area contributed by atoms with Gasteiger partial charge >= 0.3 is 0 Å². The maximum atomic E-state index is 11.4. The van der Waals surface area contributed by atoms with Gasteiger partial charge in [-0.1, -0.05) is 15.9 Å². The molecule has 0 amide bonds. The predicted molar refractivity (Wildman–Crippen MR) is 72.7 cm³/mol. The van der Waals surface area contributed by atoms with Crippen LogP contribution in [0.3, 0.4) is 0 Å². The number of rotatable bonds is 4. The molecule has 1 rings (SSSR count). The quantitative estimate of drug-likeness (QED) is 0.341. The molecule has 1 aromatic carbocycles. The largest absolute Gasteiger partial charge is 0.382 e. The maximum absolute atomic E-state index is 11.4. The lowest BCUT2D eigenvalue weighted by molar-refractivity contribution is 0.101. The number of carbonyl (C=O) groups excluding carboxylic acids is 1. The third-order valence-electron chi connectivity index (χ3n) is 2.01. The third kappa shape index (κ3) is 3.40.